The molecule has 114 valence electrons. The number of anilines is 1. The van der Waals surface area contributed by atoms with E-state index in [1.807, 2.05) is 13.8 Å². The molecule has 1 aromatic heterocycles. The third-order valence-corrected chi connectivity index (χ3v) is 3.58. The van der Waals surface area contributed by atoms with Crippen LogP contribution in [-0.4, -0.2) is 53.3 Å². The minimum Gasteiger partial charge on any atom is -0.342 e. The van der Waals surface area contributed by atoms with Gasteiger partial charge in [-0.3, -0.25) is 9.59 Å². The summed E-state index contributed by atoms with van der Waals surface area (Å²) in [6.45, 7) is 5.19. The summed E-state index contributed by atoms with van der Waals surface area (Å²) in [6, 6.07) is 3.37. The maximum Gasteiger partial charge on any atom is 0.254 e. The van der Waals surface area contributed by atoms with Gasteiger partial charge in [-0.2, -0.15) is 0 Å². The number of nitrogens with one attached hydrogen (secondary N) is 1. The molecule has 0 radical (unpaired) electrons. The molecular weight excluding hydrogens is 270 g/mol. The zero-order valence-electron chi connectivity index (χ0n) is 12.6. The number of aromatic nitrogens is 1. The minimum absolute atomic E-state index is 0.0510. The lowest BCUT2D eigenvalue weighted by Gasteiger charge is -2.32. The molecule has 1 saturated heterocycles. The second kappa shape index (κ2) is 6.09. The number of carbonyl (C=O) groups is 2. The Morgan fingerprint density at radius 1 is 1.38 bits per heavy atom. The number of piperazine rings is 1. The number of hydrogen-bond donors (Lipinski definition) is 2. The van der Waals surface area contributed by atoms with Gasteiger partial charge in [0, 0.05) is 31.4 Å². The highest BCUT2D eigenvalue weighted by molar-refractivity contribution is 5.97. The Bertz CT molecular complexity index is 558. The SMILES string of the molecule is CC(C)c1cc(C(=O)N2CCN(C)C(=O)C2)cc(NN)n1. The van der Waals surface area contributed by atoms with E-state index < -0.39 is 0 Å². The van der Waals surface area contributed by atoms with Crippen LogP contribution in [0, 0.1) is 0 Å². The molecule has 0 aromatic carbocycles. The number of nitrogen functional groups attached to an aromatic ring is 1. The van der Waals surface area contributed by atoms with Crippen molar-refractivity contribution in [2.75, 3.05) is 32.1 Å². The lowest BCUT2D eigenvalue weighted by molar-refractivity contribution is -0.133. The topological polar surface area (TPSA) is 91.6 Å². The molecule has 0 atom stereocenters. The van der Waals surface area contributed by atoms with Gasteiger partial charge in [0.25, 0.3) is 5.91 Å². The van der Waals surface area contributed by atoms with E-state index >= 15 is 0 Å². The van der Waals surface area contributed by atoms with Gasteiger partial charge in [-0.25, -0.2) is 10.8 Å². The molecule has 0 spiro atoms. The zero-order chi connectivity index (χ0) is 15.6. The van der Waals surface area contributed by atoms with Crippen molar-refractivity contribution in [2.24, 2.45) is 5.84 Å². The van der Waals surface area contributed by atoms with Crippen molar-refractivity contribution in [2.45, 2.75) is 19.8 Å². The number of hydrogen-bond acceptors (Lipinski definition) is 5. The number of carbonyl (C=O) groups excluding carboxylic acids is 2. The largest absolute Gasteiger partial charge is 0.342 e. The monoisotopic (exact) mass is 291 g/mol. The second-order valence-corrected chi connectivity index (χ2v) is 5.51. The average Bonchev–Trinajstić information content (AvgIpc) is 2.48. The molecule has 0 bridgehead atoms. The molecule has 1 aliphatic rings. The summed E-state index contributed by atoms with van der Waals surface area (Å²) in [6.07, 6.45) is 0. The summed E-state index contributed by atoms with van der Waals surface area (Å²) in [5.74, 6) is 5.82. The van der Waals surface area contributed by atoms with Crippen molar-refractivity contribution < 1.29 is 9.59 Å². The highest BCUT2D eigenvalue weighted by Crippen LogP contribution is 2.19. The smallest absolute Gasteiger partial charge is 0.254 e. The standard InChI is InChI=1S/C14H21N5O2/c1-9(2)11-6-10(7-12(16-11)17-15)14(21)19-5-4-18(3)13(20)8-19/h6-7,9H,4-5,8,15H2,1-3H3,(H,16,17). The lowest BCUT2D eigenvalue weighted by Crippen LogP contribution is -2.50. The zero-order valence-corrected chi connectivity index (χ0v) is 12.6. The Hall–Kier alpha value is -2.15. The summed E-state index contributed by atoms with van der Waals surface area (Å²) in [5, 5.41) is 0. The van der Waals surface area contributed by atoms with Gasteiger partial charge in [-0.1, -0.05) is 13.8 Å². The van der Waals surface area contributed by atoms with Gasteiger partial charge in [0.2, 0.25) is 5.91 Å². The fourth-order valence-electron chi connectivity index (χ4n) is 2.16. The Balaban J connectivity index is 2.26. The van der Waals surface area contributed by atoms with Crippen LogP contribution in [-0.2, 0) is 4.79 Å². The van der Waals surface area contributed by atoms with Crippen molar-refractivity contribution in [3.8, 4) is 0 Å². The molecule has 7 heteroatoms. The minimum atomic E-state index is -0.169. The van der Waals surface area contributed by atoms with Crippen LogP contribution >= 0.6 is 0 Å². The van der Waals surface area contributed by atoms with E-state index in [0.29, 0.717) is 24.5 Å². The first-order chi connectivity index (χ1) is 9.92. The fourth-order valence-corrected chi connectivity index (χ4v) is 2.16. The predicted molar refractivity (Wildman–Crippen MR) is 79.7 cm³/mol. The molecule has 1 fully saturated rings. The van der Waals surface area contributed by atoms with E-state index in [-0.39, 0.29) is 24.3 Å². The molecule has 0 unspecified atom stereocenters. The van der Waals surface area contributed by atoms with Crippen molar-refractivity contribution in [3.05, 3.63) is 23.4 Å². The molecule has 2 amide bonds. The van der Waals surface area contributed by atoms with Crippen LogP contribution in [0.3, 0.4) is 0 Å². The maximum atomic E-state index is 12.6. The van der Waals surface area contributed by atoms with Gasteiger partial charge >= 0.3 is 0 Å². The van der Waals surface area contributed by atoms with E-state index in [2.05, 4.69) is 10.4 Å². The molecule has 1 aliphatic heterocycles. The number of hydrazine groups is 1. The summed E-state index contributed by atoms with van der Waals surface area (Å²) in [5.41, 5.74) is 3.76. The van der Waals surface area contributed by atoms with Gasteiger partial charge in [-0.05, 0) is 18.1 Å². The first kappa shape index (κ1) is 15.2. The number of nitrogens with zero attached hydrogens (tertiary/aromatic N) is 3. The normalized spacial score (nSPS) is 15.6. The molecule has 1 aromatic rings. The molecule has 3 N–H and O–H groups in total. The molecule has 21 heavy (non-hydrogen) atoms. The van der Waals surface area contributed by atoms with E-state index in [9.17, 15) is 9.59 Å². The predicted octanol–water partition coefficient (Wildman–Crippen LogP) is 0.405. The highest BCUT2D eigenvalue weighted by atomic mass is 16.2. The Kier molecular flexibility index (Phi) is 4.42. The van der Waals surface area contributed by atoms with Crippen LogP contribution < -0.4 is 11.3 Å². The molecule has 7 nitrogen and oxygen atoms in total. The summed E-state index contributed by atoms with van der Waals surface area (Å²) < 4.78 is 0. The third kappa shape index (κ3) is 3.30. The van der Waals surface area contributed by atoms with E-state index in [1.165, 1.54) is 0 Å². The number of likely N-dealkylation sites (N-methyl/N-ethyl adjacent to an activating group) is 1. The lowest BCUT2D eigenvalue weighted by atomic mass is 10.1. The Morgan fingerprint density at radius 3 is 2.67 bits per heavy atom. The molecule has 2 rings (SSSR count). The van der Waals surface area contributed by atoms with Gasteiger partial charge < -0.3 is 15.2 Å². The third-order valence-electron chi connectivity index (χ3n) is 3.58. The Morgan fingerprint density at radius 2 is 2.10 bits per heavy atom. The first-order valence-corrected chi connectivity index (χ1v) is 6.94. The van der Waals surface area contributed by atoms with Crippen molar-refractivity contribution in [1.29, 1.82) is 0 Å². The van der Waals surface area contributed by atoms with Gasteiger partial charge in [0.05, 0.1) is 0 Å². The molecule has 2 heterocycles. The van der Waals surface area contributed by atoms with Crippen LogP contribution in [0.2, 0.25) is 0 Å². The van der Waals surface area contributed by atoms with Crippen molar-refractivity contribution in [1.82, 2.24) is 14.8 Å². The van der Waals surface area contributed by atoms with E-state index in [1.54, 1.807) is 29.0 Å². The van der Waals surface area contributed by atoms with E-state index in [4.69, 9.17) is 5.84 Å². The quantitative estimate of drug-likeness (QED) is 0.621. The van der Waals surface area contributed by atoms with Crippen LogP contribution in [0.25, 0.3) is 0 Å². The van der Waals surface area contributed by atoms with Crippen LogP contribution in [0.4, 0.5) is 5.82 Å². The number of rotatable bonds is 3. The molecular formula is C14H21N5O2. The number of pyridine rings is 1. The van der Waals surface area contributed by atoms with E-state index in [0.717, 1.165) is 5.69 Å². The summed E-state index contributed by atoms with van der Waals surface area (Å²) >= 11 is 0. The molecule has 0 aliphatic carbocycles. The van der Waals surface area contributed by atoms with Crippen LogP contribution in [0.15, 0.2) is 12.1 Å². The number of nitrogens with two attached hydrogens (primary N) is 1. The number of amides is 2. The van der Waals surface area contributed by atoms with Crippen LogP contribution in [0.5, 0.6) is 0 Å². The maximum absolute atomic E-state index is 12.6. The Labute approximate surface area is 124 Å². The first-order valence-electron chi connectivity index (χ1n) is 6.94. The average molecular weight is 291 g/mol. The van der Waals surface area contributed by atoms with Crippen LogP contribution in [0.1, 0.15) is 35.8 Å². The van der Waals surface area contributed by atoms with Crippen molar-refractivity contribution >= 4 is 17.6 Å². The highest BCUT2D eigenvalue weighted by Gasteiger charge is 2.26. The molecule has 0 saturated carbocycles. The van der Waals surface area contributed by atoms with Gasteiger partial charge in [0.15, 0.2) is 0 Å². The van der Waals surface area contributed by atoms with Gasteiger partial charge in [0.1, 0.15) is 12.4 Å². The van der Waals surface area contributed by atoms with Gasteiger partial charge in [-0.15, -0.1) is 0 Å². The fraction of sp³-hybridized carbons (Fsp3) is 0.500. The summed E-state index contributed by atoms with van der Waals surface area (Å²) in [7, 11) is 1.74. The summed E-state index contributed by atoms with van der Waals surface area (Å²) in [4.78, 5) is 31.8. The van der Waals surface area contributed by atoms with Crippen molar-refractivity contribution in [3.63, 3.8) is 0 Å². The second-order valence-electron chi connectivity index (χ2n) is 5.51.